The second-order valence-electron chi connectivity index (χ2n) is 8.42. The average Bonchev–Trinajstić information content (AvgIpc) is 2.75. The second-order valence-corrected chi connectivity index (χ2v) is 8.42. The summed E-state index contributed by atoms with van der Waals surface area (Å²) in [6.45, 7) is 2.94. The highest BCUT2D eigenvalue weighted by molar-refractivity contribution is 5.23. The molecule has 3 rings (SSSR count). The molecule has 0 aromatic rings. The third-order valence-electron chi connectivity index (χ3n) is 6.17. The lowest BCUT2D eigenvalue weighted by Crippen LogP contribution is -2.68. The number of nitrogens with two attached hydrogens (primary N) is 4. The third kappa shape index (κ3) is 5.24. The van der Waals surface area contributed by atoms with Crippen molar-refractivity contribution in [2.24, 2.45) is 27.9 Å². The number of aliphatic hydroxyl groups excluding tert-OH is 4. The minimum Gasteiger partial charge on any atom is -0.394 e. The van der Waals surface area contributed by atoms with E-state index in [4.69, 9.17) is 41.9 Å². The molecule has 2 saturated heterocycles. The Labute approximate surface area is 180 Å². The first-order valence-corrected chi connectivity index (χ1v) is 10.4. The van der Waals surface area contributed by atoms with Gasteiger partial charge in [0.15, 0.2) is 18.8 Å². The van der Waals surface area contributed by atoms with E-state index in [1.54, 1.807) is 0 Å². The lowest BCUT2D eigenvalue weighted by Gasteiger charge is -2.47. The summed E-state index contributed by atoms with van der Waals surface area (Å²) >= 11 is 0. The van der Waals surface area contributed by atoms with Crippen LogP contribution in [0, 0.1) is 0 Å². The van der Waals surface area contributed by atoms with Gasteiger partial charge in [-0.3, -0.25) is 4.99 Å². The van der Waals surface area contributed by atoms with Crippen LogP contribution in [-0.4, -0.2) is 113 Å². The smallest absolute Gasteiger partial charge is 0.186 e. The van der Waals surface area contributed by atoms with Crippen LogP contribution in [0.3, 0.4) is 0 Å². The lowest BCUT2D eigenvalue weighted by atomic mass is 9.84. The molecule has 2 aliphatic heterocycles. The Kier molecular flexibility index (Phi) is 8.34. The van der Waals surface area contributed by atoms with Gasteiger partial charge < -0.3 is 62.3 Å². The Hall–Kier alpha value is -0.810. The Morgan fingerprint density at radius 2 is 1.45 bits per heavy atom. The first-order chi connectivity index (χ1) is 14.7. The maximum atomic E-state index is 11.0. The van der Waals surface area contributed by atoms with Crippen molar-refractivity contribution in [3.63, 3.8) is 0 Å². The number of ether oxygens (including phenoxy) is 4. The monoisotopic (exact) mass is 449 g/mol. The van der Waals surface area contributed by atoms with Crippen LogP contribution in [0.4, 0.5) is 0 Å². The predicted molar refractivity (Wildman–Crippen MR) is 107 cm³/mol. The van der Waals surface area contributed by atoms with E-state index in [9.17, 15) is 20.4 Å². The second kappa shape index (κ2) is 10.4. The molecule has 13 atom stereocenters. The summed E-state index contributed by atoms with van der Waals surface area (Å²) in [6.07, 6.45) is -8.27. The first kappa shape index (κ1) is 24.8. The van der Waals surface area contributed by atoms with E-state index in [0.29, 0.717) is 12.8 Å². The number of hydrogen-bond donors (Lipinski definition) is 8. The molecule has 13 heteroatoms. The van der Waals surface area contributed by atoms with Gasteiger partial charge in [-0.2, -0.15) is 0 Å². The highest BCUT2D eigenvalue weighted by atomic mass is 16.7. The van der Waals surface area contributed by atoms with Gasteiger partial charge in [0.2, 0.25) is 0 Å². The quantitative estimate of drug-likeness (QED) is 0.179. The number of aliphatic hydroxyl groups is 4. The highest BCUT2D eigenvalue weighted by Crippen LogP contribution is 2.30. The van der Waals surface area contributed by atoms with Crippen molar-refractivity contribution >= 4 is 6.72 Å². The molecule has 0 aromatic heterocycles. The Bertz CT molecular complexity index is 603. The van der Waals surface area contributed by atoms with Gasteiger partial charge >= 0.3 is 0 Å². The summed E-state index contributed by atoms with van der Waals surface area (Å²) in [4.78, 5) is 3.86. The Morgan fingerprint density at radius 1 is 0.839 bits per heavy atom. The number of aliphatic imine (C=N–C) groups is 1. The zero-order valence-corrected chi connectivity index (χ0v) is 17.2. The van der Waals surface area contributed by atoms with Crippen molar-refractivity contribution in [1.29, 1.82) is 0 Å². The Morgan fingerprint density at radius 3 is 2.03 bits per heavy atom. The van der Waals surface area contributed by atoms with Crippen LogP contribution in [0.5, 0.6) is 0 Å². The fourth-order valence-electron chi connectivity index (χ4n) is 4.24. The van der Waals surface area contributed by atoms with Gasteiger partial charge in [-0.05, 0) is 26.0 Å². The number of rotatable bonds is 6. The molecule has 13 nitrogen and oxygen atoms in total. The molecule has 12 N–H and O–H groups in total. The van der Waals surface area contributed by atoms with Crippen LogP contribution >= 0.6 is 0 Å². The van der Waals surface area contributed by atoms with Crippen LogP contribution in [0.15, 0.2) is 4.99 Å². The summed E-state index contributed by atoms with van der Waals surface area (Å²) in [5.74, 6) is 0. The summed E-state index contributed by atoms with van der Waals surface area (Å²) in [5.41, 5.74) is 24.2. The molecule has 0 bridgehead atoms. The van der Waals surface area contributed by atoms with Gasteiger partial charge in [-0.25, -0.2) is 0 Å². The molecule has 1 saturated carbocycles. The normalized spacial score (nSPS) is 51.4. The molecule has 180 valence electrons. The van der Waals surface area contributed by atoms with Crippen molar-refractivity contribution in [2.75, 3.05) is 6.61 Å². The van der Waals surface area contributed by atoms with E-state index in [0.717, 1.165) is 0 Å². The van der Waals surface area contributed by atoms with Crippen LogP contribution in [-0.2, 0) is 18.9 Å². The predicted octanol–water partition coefficient (Wildman–Crippen LogP) is -4.57. The van der Waals surface area contributed by atoms with Crippen LogP contribution in [0.25, 0.3) is 0 Å². The average molecular weight is 450 g/mol. The molecule has 0 amide bonds. The SMILES string of the molecule is C=NC1CCC(N)C(OC2C(N)CC(N)C(OC3OC(CO)C(O)C(N)C3O)C2O)O1. The summed E-state index contributed by atoms with van der Waals surface area (Å²) in [6, 6.07) is -2.91. The minimum atomic E-state index is -1.42. The number of hydrogen-bond acceptors (Lipinski definition) is 13. The highest BCUT2D eigenvalue weighted by Gasteiger charge is 2.49. The van der Waals surface area contributed by atoms with E-state index in [-0.39, 0.29) is 6.42 Å². The molecule has 3 fully saturated rings. The van der Waals surface area contributed by atoms with Crippen molar-refractivity contribution in [3.05, 3.63) is 0 Å². The van der Waals surface area contributed by atoms with Gasteiger partial charge in [-0.1, -0.05) is 0 Å². The standard InChI is InChI=1S/C18H35N5O8/c1-23-10-3-2-6(19)17(29-10)30-15-7(20)4-8(21)16(14(15)27)31-18-13(26)11(22)12(25)9(5-24)28-18/h6-18,24-27H,1-5,19-22H2. The molecular weight excluding hydrogens is 414 g/mol. The fourth-order valence-corrected chi connectivity index (χ4v) is 4.24. The maximum absolute atomic E-state index is 11.0. The molecular formula is C18H35N5O8. The Balaban J connectivity index is 1.70. The van der Waals surface area contributed by atoms with Crippen molar-refractivity contribution in [3.8, 4) is 0 Å². The zero-order chi connectivity index (χ0) is 22.9. The number of nitrogens with zero attached hydrogens (tertiary/aromatic N) is 1. The van der Waals surface area contributed by atoms with E-state index < -0.39 is 86.2 Å². The molecule has 0 aromatic carbocycles. The minimum absolute atomic E-state index is 0.235. The van der Waals surface area contributed by atoms with Crippen molar-refractivity contribution < 1.29 is 39.4 Å². The van der Waals surface area contributed by atoms with Crippen LogP contribution in [0.2, 0.25) is 0 Å². The molecule has 31 heavy (non-hydrogen) atoms. The van der Waals surface area contributed by atoms with Gasteiger partial charge in [-0.15, -0.1) is 0 Å². The molecule has 2 heterocycles. The maximum Gasteiger partial charge on any atom is 0.186 e. The summed E-state index contributed by atoms with van der Waals surface area (Å²) < 4.78 is 22.8. The summed E-state index contributed by atoms with van der Waals surface area (Å²) in [7, 11) is 0. The molecule has 1 aliphatic carbocycles. The van der Waals surface area contributed by atoms with Gasteiger partial charge in [0.05, 0.1) is 18.7 Å². The molecule has 0 spiro atoms. The molecule has 13 unspecified atom stereocenters. The largest absolute Gasteiger partial charge is 0.394 e. The van der Waals surface area contributed by atoms with Gasteiger partial charge in [0.25, 0.3) is 0 Å². The van der Waals surface area contributed by atoms with Gasteiger partial charge in [0.1, 0.15) is 36.6 Å². The van der Waals surface area contributed by atoms with Crippen LogP contribution in [0.1, 0.15) is 19.3 Å². The summed E-state index contributed by atoms with van der Waals surface area (Å²) in [5, 5.41) is 40.7. The molecule has 0 radical (unpaired) electrons. The van der Waals surface area contributed by atoms with E-state index in [1.165, 1.54) is 0 Å². The molecule has 3 aliphatic rings. The van der Waals surface area contributed by atoms with E-state index in [2.05, 4.69) is 11.7 Å². The first-order valence-electron chi connectivity index (χ1n) is 10.4. The lowest BCUT2D eigenvalue weighted by molar-refractivity contribution is -0.313. The fraction of sp³-hybridized carbons (Fsp3) is 0.944. The van der Waals surface area contributed by atoms with Crippen molar-refractivity contribution in [2.45, 2.75) is 98.9 Å². The zero-order valence-electron chi connectivity index (χ0n) is 17.2. The van der Waals surface area contributed by atoms with Crippen molar-refractivity contribution in [1.82, 2.24) is 0 Å². The van der Waals surface area contributed by atoms with E-state index in [1.807, 2.05) is 0 Å². The third-order valence-corrected chi connectivity index (χ3v) is 6.17. The van der Waals surface area contributed by atoms with Crippen LogP contribution < -0.4 is 22.9 Å². The van der Waals surface area contributed by atoms with Gasteiger partial charge in [0, 0.05) is 12.1 Å². The topological polar surface area (TPSA) is 234 Å². The van der Waals surface area contributed by atoms with E-state index >= 15 is 0 Å².